The Morgan fingerprint density at radius 3 is 2.69 bits per heavy atom. The number of nitrogens with zero attached hydrogens (tertiary/aromatic N) is 2. The van der Waals surface area contributed by atoms with E-state index in [1.807, 2.05) is 6.92 Å². The van der Waals surface area contributed by atoms with E-state index in [2.05, 4.69) is 15.3 Å². The summed E-state index contributed by atoms with van der Waals surface area (Å²) >= 11 is 0. The van der Waals surface area contributed by atoms with Crippen LogP contribution in [0.2, 0.25) is 0 Å². The van der Waals surface area contributed by atoms with Crippen molar-refractivity contribution in [1.29, 1.82) is 0 Å². The zero-order valence-electron chi connectivity index (χ0n) is 8.94. The Balaban J connectivity index is 2.05. The van der Waals surface area contributed by atoms with Crippen molar-refractivity contribution >= 4 is 5.69 Å². The van der Waals surface area contributed by atoms with Crippen molar-refractivity contribution in [3.05, 3.63) is 53.9 Å². The summed E-state index contributed by atoms with van der Waals surface area (Å²) in [7, 11) is 0. The first-order valence-electron chi connectivity index (χ1n) is 4.99. The molecule has 1 aromatic heterocycles. The molecule has 1 aromatic carbocycles. The topological polar surface area (TPSA) is 37.8 Å². The Morgan fingerprint density at radius 2 is 2.00 bits per heavy atom. The standard InChI is InChI=1S/C12H12FN3/c1-9-4-11(13)2-3-12(9)16-7-10-5-14-8-15-6-10/h2-6,8,16H,7H2,1H3. The first-order chi connectivity index (χ1) is 7.75. The van der Waals surface area contributed by atoms with Crippen LogP contribution in [-0.4, -0.2) is 9.97 Å². The summed E-state index contributed by atoms with van der Waals surface area (Å²) in [5, 5.41) is 3.21. The van der Waals surface area contributed by atoms with Crippen molar-refractivity contribution in [1.82, 2.24) is 9.97 Å². The van der Waals surface area contributed by atoms with Crippen LogP contribution in [0.15, 0.2) is 36.9 Å². The number of hydrogen-bond donors (Lipinski definition) is 1. The van der Waals surface area contributed by atoms with Gasteiger partial charge in [-0.05, 0) is 30.7 Å². The first kappa shape index (κ1) is 10.5. The molecule has 0 saturated heterocycles. The van der Waals surface area contributed by atoms with E-state index in [9.17, 15) is 4.39 Å². The lowest BCUT2D eigenvalue weighted by atomic mass is 10.2. The number of anilines is 1. The van der Waals surface area contributed by atoms with E-state index in [4.69, 9.17) is 0 Å². The van der Waals surface area contributed by atoms with Gasteiger partial charge in [-0.1, -0.05) is 0 Å². The predicted molar refractivity (Wildman–Crippen MR) is 60.5 cm³/mol. The molecule has 0 fully saturated rings. The Labute approximate surface area is 93.4 Å². The lowest BCUT2D eigenvalue weighted by molar-refractivity contribution is 0.627. The molecule has 16 heavy (non-hydrogen) atoms. The van der Waals surface area contributed by atoms with Gasteiger partial charge in [-0.25, -0.2) is 14.4 Å². The Morgan fingerprint density at radius 1 is 1.25 bits per heavy atom. The Kier molecular flexibility index (Phi) is 3.10. The maximum atomic E-state index is 12.9. The summed E-state index contributed by atoms with van der Waals surface area (Å²) in [6.45, 7) is 2.50. The van der Waals surface area contributed by atoms with Crippen molar-refractivity contribution in [2.24, 2.45) is 0 Å². The second-order valence-corrected chi connectivity index (χ2v) is 3.56. The molecule has 0 aliphatic heterocycles. The maximum absolute atomic E-state index is 12.9. The summed E-state index contributed by atoms with van der Waals surface area (Å²) in [5.74, 6) is -0.217. The van der Waals surface area contributed by atoms with Crippen LogP contribution in [0.3, 0.4) is 0 Å². The van der Waals surface area contributed by atoms with Gasteiger partial charge in [0.2, 0.25) is 0 Å². The van der Waals surface area contributed by atoms with Gasteiger partial charge in [0.15, 0.2) is 0 Å². The molecular formula is C12H12FN3. The van der Waals surface area contributed by atoms with Crippen molar-refractivity contribution < 1.29 is 4.39 Å². The third kappa shape index (κ3) is 2.53. The maximum Gasteiger partial charge on any atom is 0.123 e. The van der Waals surface area contributed by atoms with Gasteiger partial charge in [-0.3, -0.25) is 0 Å². The summed E-state index contributed by atoms with van der Waals surface area (Å²) in [6, 6.07) is 4.68. The number of rotatable bonds is 3. The van der Waals surface area contributed by atoms with Gasteiger partial charge in [-0.2, -0.15) is 0 Å². The summed E-state index contributed by atoms with van der Waals surface area (Å²) < 4.78 is 12.9. The lowest BCUT2D eigenvalue weighted by Crippen LogP contribution is -2.01. The van der Waals surface area contributed by atoms with E-state index in [0.29, 0.717) is 6.54 Å². The predicted octanol–water partition coefficient (Wildman–Crippen LogP) is 2.54. The highest BCUT2D eigenvalue weighted by molar-refractivity contribution is 5.50. The lowest BCUT2D eigenvalue weighted by Gasteiger charge is -2.08. The van der Waals surface area contributed by atoms with E-state index in [1.54, 1.807) is 18.5 Å². The molecule has 0 aliphatic rings. The number of hydrogen-bond acceptors (Lipinski definition) is 3. The fourth-order valence-corrected chi connectivity index (χ4v) is 1.44. The Bertz CT molecular complexity index is 471. The number of aryl methyl sites for hydroxylation is 1. The van der Waals surface area contributed by atoms with E-state index < -0.39 is 0 Å². The average molecular weight is 217 g/mol. The van der Waals surface area contributed by atoms with E-state index in [-0.39, 0.29) is 5.82 Å². The molecule has 0 aliphatic carbocycles. The van der Waals surface area contributed by atoms with Crippen LogP contribution in [0.4, 0.5) is 10.1 Å². The molecule has 0 radical (unpaired) electrons. The van der Waals surface area contributed by atoms with Gasteiger partial charge >= 0.3 is 0 Å². The van der Waals surface area contributed by atoms with E-state index >= 15 is 0 Å². The SMILES string of the molecule is Cc1cc(F)ccc1NCc1cncnc1. The second kappa shape index (κ2) is 4.70. The summed E-state index contributed by atoms with van der Waals surface area (Å²) in [6.07, 6.45) is 4.99. The first-order valence-corrected chi connectivity index (χ1v) is 4.99. The third-order valence-corrected chi connectivity index (χ3v) is 2.29. The quantitative estimate of drug-likeness (QED) is 0.858. The highest BCUT2D eigenvalue weighted by Gasteiger charge is 1.99. The van der Waals surface area contributed by atoms with Crippen LogP contribution in [-0.2, 0) is 6.54 Å². The van der Waals surface area contributed by atoms with Crippen molar-refractivity contribution in [3.8, 4) is 0 Å². The highest BCUT2D eigenvalue weighted by atomic mass is 19.1. The molecule has 0 atom stereocenters. The molecule has 0 amide bonds. The van der Waals surface area contributed by atoms with Crippen LogP contribution in [0.25, 0.3) is 0 Å². The van der Waals surface area contributed by atoms with Gasteiger partial charge in [0.1, 0.15) is 12.1 Å². The van der Waals surface area contributed by atoms with Crippen molar-refractivity contribution in [2.75, 3.05) is 5.32 Å². The fourth-order valence-electron chi connectivity index (χ4n) is 1.44. The van der Waals surface area contributed by atoms with Crippen LogP contribution < -0.4 is 5.32 Å². The van der Waals surface area contributed by atoms with Gasteiger partial charge in [0.05, 0.1) is 0 Å². The van der Waals surface area contributed by atoms with Gasteiger partial charge in [0.25, 0.3) is 0 Å². The molecule has 0 spiro atoms. The van der Waals surface area contributed by atoms with Gasteiger partial charge in [0, 0.05) is 30.2 Å². The minimum Gasteiger partial charge on any atom is -0.381 e. The molecule has 0 unspecified atom stereocenters. The molecule has 2 aromatic rings. The zero-order chi connectivity index (χ0) is 11.4. The normalized spacial score (nSPS) is 10.1. The minimum absolute atomic E-state index is 0.217. The molecule has 1 heterocycles. The largest absolute Gasteiger partial charge is 0.381 e. The molecule has 1 N–H and O–H groups in total. The van der Waals surface area contributed by atoms with Crippen molar-refractivity contribution in [3.63, 3.8) is 0 Å². The zero-order valence-corrected chi connectivity index (χ0v) is 8.94. The highest BCUT2D eigenvalue weighted by Crippen LogP contribution is 2.16. The molecule has 2 rings (SSSR count). The van der Waals surface area contributed by atoms with Crippen LogP contribution >= 0.6 is 0 Å². The fraction of sp³-hybridized carbons (Fsp3) is 0.167. The van der Waals surface area contributed by atoms with Crippen LogP contribution in [0, 0.1) is 12.7 Å². The number of aromatic nitrogens is 2. The molecule has 82 valence electrons. The van der Waals surface area contributed by atoms with Crippen LogP contribution in [0.5, 0.6) is 0 Å². The number of halogens is 1. The molecule has 0 bridgehead atoms. The Hall–Kier alpha value is -1.97. The number of nitrogens with one attached hydrogen (secondary N) is 1. The van der Waals surface area contributed by atoms with Gasteiger partial charge < -0.3 is 5.32 Å². The smallest absolute Gasteiger partial charge is 0.123 e. The second-order valence-electron chi connectivity index (χ2n) is 3.56. The summed E-state index contributed by atoms with van der Waals surface area (Å²) in [4.78, 5) is 7.84. The van der Waals surface area contributed by atoms with E-state index in [1.165, 1.54) is 18.5 Å². The monoisotopic (exact) mass is 217 g/mol. The molecule has 0 saturated carbocycles. The average Bonchev–Trinajstić information content (AvgIpc) is 2.29. The third-order valence-electron chi connectivity index (χ3n) is 2.29. The summed E-state index contributed by atoms with van der Waals surface area (Å²) in [5.41, 5.74) is 2.80. The van der Waals surface area contributed by atoms with Crippen LogP contribution in [0.1, 0.15) is 11.1 Å². The van der Waals surface area contributed by atoms with E-state index in [0.717, 1.165) is 16.8 Å². The molecule has 4 heteroatoms. The van der Waals surface area contributed by atoms with Gasteiger partial charge in [-0.15, -0.1) is 0 Å². The molecule has 3 nitrogen and oxygen atoms in total. The molecular weight excluding hydrogens is 205 g/mol. The minimum atomic E-state index is -0.217. The number of benzene rings is 1. The van der Waals surface area contributed by atoms with Crippen molar-refractivity contribution in [2.45, 2.75) is 13.5 Å².